The van der Waals surface area contributed by atoms with E-state index in [4.69, 9.17) is 4.52 Å². The van der Waals surface area contributed by atoms with E-state index in [0.29, 0.717) is 22.4 Å². The molecule has 2 N–H and O–H groups in total. The molecule has 0 aliphatic rings. The topological polar surface area (TPSA) is 96.7 Å². The minimum atomic E-state index is -2.89. The number of hydrogen-bond donors (Lipinski definition) is 2. The predicted octanol–water partition coefficient (Wildman–Crippen LogP) is 6.19. The SMILES string of the molecule is CO[P+](=O)C(C(=O)O)(C(=CC(C)C)c1cnc(-c2ccccc2)cc1-c1ccc(F)cc1)C(C)O. The number of aliphatic carboxylic acids is 1. The molecule has 0 aliphatic heterocycles. The summed E-state index contributed by atoms with van der Waals surface area (Å²) in [5, 5.41) is 18.8. The molecule has 3 atom stereocenters. The van der Waals surface area contributed by atoms with Crippen LogP contribution in [0.25, 0.3) is 28.0 Å². The van der Waals surface area contributed by atoms with Crippen LogP contribution in [0.15, 0.2) is 72.9 Å². The van der Waals surface area contributed by atoms with Gasteiger partial charge >= 0.3 is 19.2 Å². The van der Waals surface area contributed by atoms with Crippen LogP contribution in [0.2, 0.25) is 0 Å². The fraction of sp³-hybridized carbons (Fsp3) is 0.259. The summed E-state index contributed by atoms with van der Waals surface area (Å²) in [6, 6.07) is 17.0. The van der Waals surface area contributed by atoms with E-state index in [0.717, 1.165) is 12.7 Å². The van der Waals surface area contributed by atoms with E-state index in [1.807, 2.05) is 44.2 Å². The van der Waals surface area contributed by atoms with Crippen LogP contribution >= 0.6 is 8.03 Å². The molecule has 1 heterocycles. The molecule has 0 radical (unpaired) electrons. The molecule has 3 unspecified atom stereocenters. The second-order valence-corrected chi connectivity index (χ2v) is 10.1. The first-order valence-corrected chi connectivity index (χ1v) is 12.3. The highest BCUT2D eigenvalue weighted by Crippen LogP contribution is 2.53. The third kappa shape index (κ3) is 5.22. The highest BCUT2D eigenvalue weighted by Gasteiger charge is 2.65. The number of benzene rings is 2. The van der Waals surface area contributed by atoms with Crippen LogP contribution in [0.1, 0.15) is 26.3 Å². The van der Waals surface area contributed by atoms with Gasteiger partial charge in [-0.1, -0.05) is 62.4 Å². The molecule has 3 aromatic rings. The molecule has 0 amide bonds. The number of rotatable bonds is 9. The maximum absolute atomic E-state index is 13.7. The monoisotopic (exact) mass is 496 g/mol. The van der Waals surface area contributed by atoms with Crippen molar-refractivity contribution in [2.45, 2.75) is 32.0 Å². The van der Waals surface area contributed by atoms with Crippen LogP contribution in [-0.2, 0) is 13.9 Å². The number of aromatic nitrogens is 1. The van der Waals surface area contributed by atoms with Gasteiger partial charge in [0.25, 0.3) is 0 Å². The Bertz CT molecular complexity index is 1240. The van der Waals surface area contributed by atoms with Gasteiger partial charge in [0.05, 0.1) is 12.8 Å². The summed E-state index contributed by atoms with van der Waals surface area (Å²) in [5.41, 5.74) is 3.08. The summed E-state index contributed by atoms with van der Waals surface area (Å²) in [7, 11) is -1.75. The first-order chi connectivity index (χ1) is 16.6. The van der Waals surface area contributed by atoms with E-state index < -0.39 is 31.1 Å². The van der Waals surface area contributed by atoms with E-state index in [9.17, 15) is 24.0 Å². The largest absolute Gasteiger partial charge is 0.534 e. The van der Waals surface area contributed by atoms with Crippen molar-refractivity contribution >= 4 is 19.6 Å². The van der Waals surface area contributed by atoms with E-state index in [2.05, 4.69) is 4.98 Å². The predicted molar refractivity (Wildman–Crippen MR) is 135 cm³/mol. The molecule has 0 saturated heterocycles. The third-order valence-electron chi connectivity index (χ3n) is 5.71. The summed E-state index contributed by atoms with van der Waals surface area (Å²) in [5.74, 6) is -2.07. The van der Waals surface area contributed by atoms with Gasteiger partial charge in [-0.15, -0.1) is 4.52 Å². The van der Waals surface area contributed by atoms with Gasteiger partial charge in [0, 0.05) is 22.9 Å². The maximum atomic E-state index is 13.7. The zero-order valence-electron chi connectivity index (χ0n) is 20.0. The van der Waals surface area contributed by atoms with Crippen molar-refractivity contribution in [1.29, 1.82) is 0 Å². The molecular weight excluding hydrogens is 468 g/mol. The molecule has 0 fully saturated rings. The molecule has 35 heavy (non-hydrogen) atoms. The molecule has 8 heteroatoms. The molecular formula is C27H28FNO5P+. The van der Waals surface area contributed by atoms with Gasteiger partial charge in [0.2, 0.25) is 0 Å². The van der Waals surface area contributed by atoms with Gasteiger partial charge in [-0.2, -0.15) is 0 Å². The Morgan fingerprint density at radius 1 is 1.09 bits per heavy atom. The Hall–Kier alpha value is -3.25. The number of carboxylic acid groups (broad SMARTS) is 1. The lowest BCUT2D eigenvalue weighted by molar-refractivity contribution is -0.141. The van der Waals surface area contributed by atoms with Crippen LogP contribution in [0.3, 0.4) is 0 Å². The van der Waals surface area contributed by atoms with Gasteiger partial charge in [0.15, 0.2) is 0 Å². The van der Waals surface area contributed by atoms with Crippen LogP contribution in [0, 0.1) is 11.7 Å². The second kappa shape index (κ2) is 11.0. The maximum Gasteiger partial charge on any atom is 0.534 e. The quantitative estimate of drug-likeness (QED) is 0.343. The average molecular weight is 496 g/mol. The summed E-state index contributed by atoms with van der Waals surface area (Å²) >= 11 is 0. The summed E-state index contributed by atoms with van der Waals surface area (Å²) < 4.78 is 31.9. The summed E-state index contributed by atoms with van der Waals surface area (Å²) in [6.07, 6.45) is 1.59. The van der Waals surface area contributed by atoms with Crippen LogP contribution in [0.5, 0.6) is 0 Å². The fourth-order valence-electron chi connectivity index (χ4n) is 4.05. The van der Waals surface area contributed by atoms with E-state index in [1.165, 1.54) is 25.3 Å². The van der Waals surface area contributed by atoms with Gasteiger partial charge in [-0.25, -0.2) is 9.18 Å². The molecule has 0 bridgehead atoms. The summed E-state index contributed by atoms with van der Waals surface area (Å²) in [4.78, 5) is 17.3. The van der Waals surface area contributed by atoms with Crippen LogP contribution < -0.4 is 0 Å². The van der Waals surface area contributed by atoms with E-state index in [1.54, 1.807) is 24.3 Å². The van der Waals surface area contributed by atoms with Crippen molar-refractivity contribution in [3.8, 4) is 22.4 Å². The van der Waals surface area contributed by atoms with Crippen molar-refractivity contribution < 1.29 is 28.5 Å². The Balaban J connectivity index is 2.42. The first kappa shape index (κ1) is 26.4. The lowest BCUT2D eigenvalue weighted by atomic mass is 9.82. The minimum absolute atomic E-state index is 0.115. The number of pyridine rings is 1. The van der Waals surface area contributed by atoms with E-state index in [-0.39, 0.29) is 11.5 Å². The molecule has 0 spiro atoms. The molecule has 0 saturated carbocycles. The Morgan fingerprint density at radius 3 is 2.23 bits per heavy atom. The Labute approximate surface area is 205 Å². The fourth-order valence-corrected chi connectivity index (χ4v) is 5.19. The number of halogens is 1. The standard InChI is InChI=1S/C27H27FNO5P/c1-17(2)14-24(27(18(3)30,26(31)32)35(33)34-4)23-16-29-25(20-8-6-5-7-9-20)15-22(23)19-10-12-21(28)13-11-19/h5-18,30H,1-4H3/p+1. The van der Waals surface area contributed by atoms with Crippen molar-refractivity contribution in [2.24, 2.45) is 5.92 Å². The average Bonchev–Trinajstić information content (AvgIpc) is 2.83. The van der Waals surface area contributed by atoms with Crippen LogP contribution in [-0.4, -0.2) is 39.5 Å². The first-order valence-electron chi connectivity index (χ1n) is 11.1. The molecule has 2 aromatic carbocycles. The minimum Gasteiger partial charge on any atom is -0.477 e. The highest BCUT2D eigenvalue weighted by atomic mass is 31.1. The van der Waals surface area contributed by atoms with Gasteiger partial charge in [-0.3, -0.25) is 4.98 Å². The number of aliphatic hydroxyl groups is 1. The lowest BCUT2D eigenvalue weighted by Gasteiger charge is -2.26. The summed E-state index contributed by atoms with van der Waals surface area (Å²) in [6.45, 7) is 4.97. The van der Waals surface area contributed by atoms with Crippen molar-refractivity contribution in [1.82, 2.24) is 4.98 Å². The normalized spacial score (nSPS) is 14.9. The molecule has 0 aliphatic carbocycles. The third-order valence-corrected chi connectivity index (χ3v) is 7.43. The Kier molecular flexibility index (Phi) is 8.28. The van der Waals surface area contributed by atoms with Crippen molar-refractivity contribution in [3.05, 3.63) is 84.3 Å². The number of allylic oxidation sites excluding steroid dienone is 1. The number of aliphatic hydroxyl groups excluding tert-OH is 1. The second-order valence-electron chi connectivity index (χ2n) is 8.50. The van der Waals surface area contributed by atoms with Crippen molar-refractivity contribution in [3.63, 3.8) is 0 Å². The van der Waals surface area contributed by atoms with Gasteiger partial charge in [0.1, 0.15) is 11.9 Å². The number of hydrogen-bond acceptors (Lipinski definition) is 5. The zero-order valence-corrected chi connectivity index (χ0v) is 20.9. The smallest absolute Gasteiger partial charge is 0.477 e. The Morgan fingerprint density at radius 2 is 1.71 bits per heavy atom. The van der Waals surface area contributed by atoms with Gasteiger partial charge in [-0.05, 0) is 46.7 Å². The molecule has 1 aromatic heterocycles. The zero-order chi connectivity index (χ0) is 25.8. The molecule has 3 rings (SSSR count). The van der Waals surface area contributed by atoms with E-state index >= 15 is 0 Å². The van der Waals surface area contributed by atoms with Gasteiger partial charge < -0.3 is 10.2 Å². The molecule has 6 nitrogen and oxygen atoms in total. The van der Waals surface area contributed by atoms with Crippen LogP contribution in [0.4, 0.5) is 4.39 Å². The molecule has 182 valence electrons. The highest BCUT2D eigenvalue weighted by molar-refractivity contribution is 7.43. The van der Waals surface area contributed by atoms with Crippen molar-refractivity contribution in [2.75, 3.05) is 7.11 Å². The number of carbonyl (C=O) groups is 1. The lowest BCUT2D eigenvalue weighted by Crippen LogP contribution is -2.46. The number of nitrogens with zero attached hydrogens (tertiary/aromatic N) is 1. The number of carboxylic acids is 1.